The zero-order valence-electron chi connectivity index (χ0n) is 18.4. The smallest absolute Gasteiger partial charge is 0.272 e. The SMILES string of the molecule is COc1cccc(-c2cnnc(-n3nc(C)c4c3NC(=O)CC4c3ccc(SC)cc3)n2)c1. The molecule has 1 amide bonds. The van der Waals surface area contributed by atoms with E-state index in [1.807, 2.05) is 37.4 Å². The fourth-order valence-electron chi connectivity index (χ4n) is 4.12. The Bertz CT molecular complexity index is 1340. The molecule has 9 heteroatoms. The molecule has 0 radical (unpaired) electrons. The molecule has 2 aromatic heterocycles. The fourth-order valence-corrected chi connectivity index (χ4v) is 4.53. The third-order valence-electron chi connectivity index (χ3n) is 5.72. The lowest BCUT2D eigenvalue weighted by atomic mass is 9.86. The number of methoxy groups -OCH3 is 1. The lowest BCUT2D eigenvalue weighted by Gasteiger charge is -2.24. The maximum Gasteiger partial charge on any atom is 0.272 e. The molecule has 0 aliphatic carbocycles. The maximum atomic E-state index is 12.7. The standard InChI is InChI=1S/C24H22N6O2S/c1-14-22-19(15-7-9-18(33-3)10-8-15)12-21(31)27-23(22)30(29-14)24-26-20(13-25-28-24)16-5-4-6-17(11-16)32-2/h4-11,13,19H,12H2,1-3H3,(H,27,31). The van der Waals surface area contributed by atoms with Crippen LogP contribution in [0.2, 0.25) is 0 Å². The van der Waals surface area contributed by atoms with Crippen LogP contribution in [-0.4, -0.2) is 44.2 Å². The van der Waals surface area contributed by atoms with E-state index in [0.29, 0.717) is 23.9 Å². The van der Waals surface area contributed by atoms with Crippen LogP contribution in [-0.2, 0) is 4.79 Å². The molecule has 0 bridgehead atoms. The van der Waals surface area contributed by atoms with Crippen molar-refractivity contribution in [2.24, 2.45) is 0 Å². The van der Waals surface area contributed by atoms with Crippen LogP contribution in [0, 0.1) is 6.92 Å². The van der Waals surface area contributed by atoms with Crippen LogP contribution in [0.25, 0.3) is 17.2 Å². The minimum Gasteiger partial charge on any atom is -0.497 e. The van der Waals surface area contributed by atoms with Gasteiger partial charge in [0.15, 0.2) is 0 Å². The van der Waals surface area contributed by atoms with Gasteiger partial charge in [-0.3, -0.25) is 4.79 Å². The van der Waals surface area contributed by atoms with E-state index in [0.717, 1.165) is 28.1 Å². The summed E-state index contributed by atoms with van der Waals surface area (Å²) < 4.78 is 6.89. The van der Waals surface area contributed by atoms with Gasteiger partial charge in [0.05, 0.1) is 24.7 Å². The van der Waals surface area contributed by atoms with Gasteiger partial charge in [-0.15, -0.1) is 16.9 Å². The number of hydrogen-bond acceptors (Lipinski definition) is 7. The summed E-state index contributed by atoms with van der Waals surface area (Å²) in [5.41, 5.74) is 4.35. The molecule has 0 saturated heterocycles. The summed E-state index contributed by atoms with van der Waals surface area (Å²) in [6.07, 6.45) is 4.00. The van der Waals surface area contributed by atoms with Gasteiger partial charge in [0.2, 0.25) is 5.91 Å². The van der Waals surface area contributed by atoms with Gasteiger partial charge in [0.25, 0.3) is 5.95 Å². The van der Waals surface area contributed by atoms with Crippen molar-refractivity contribution in [1.82, 2.24) is 25.0 Å². The van der Waals surface area contributed by atoms with Crippen LogP contribution < -0.4 is 10.1 Å². The van der Waals surface area contributed by atoms with Crippen LogP contribution in [0.3, 0.4) is 0 Å². The van der Waals surface area contributed by atoms with E-state index in [-0.39, 0.29) is 11.8 Å². The minimum absolute atomic E-state index is 0.0699. The summed E-state index contributed by atoms with van der Waals surface area (Å²) in [7, 11) is 1.62. The zero-order chi connectivity index (χ0) is 22.9. The molecule has 0 saturated carbocycles. The highest BCUT2D eigenvalue weighted by Gasteiger charge is 2.33. The first-order valence-electron chi connectivity index (χ1n) is 10.4. The molecule has 1 N–H and O–H groups in total. The van der Waals surface area contributed by atoms with Crippen molar-refractivity contribution in [1.29, 1.82) is 0 Å². The predicted molar refractivity (Wildman–Crippen MR) is 127 cm³/mol. The Morgan fingerprint density at radius 1 is 1.18 bits per heavy atom. The molecule has 166 valence electrons. The molecule has 3 heterocycles. The van der Waals surface area contributed by atoms with Gasteiger partial charge in [0.1, 0.15) is 11.6 Å². The molecule has 5 rings (SSSR count). The number of hydrogen-bond donors (Lipinski definition) is 1. The number of amides is 1. The summed E-state index contributed by atoms with van der Waals surface area (Å²) in [6.45, 7) is 1.94. The van der Waals surface area contributed by atoms with Crippen molar-refractivity contribution in [3.8, 4) is 23.0 Å². The fraction of sp³-hybridized carbons (Fsp3) is 0.208. The van der Waals surface area contributed by atoms with E-state index in [9.17, 15) is 4.79 Å². The normalized spacial score (nSPS) is 15.1. The molecule has 33 heavy (non-hydrogen) atoms. The Kier molecular flexibility index (Phi) is 5.55. The van der Waals surface area contributed by atoms with Crippen molar-refractivity contribution in [3.63, 3.8) is 0 Å². The van der Waals surface area contributed by atoms with Crippen LogP contribution >= 0.6 is 11.8 Å². The van der Waals surface area contributed by atoms with Crippen LogP contribution in [0.1, 0.15) is 29.2 Å². The van der Waals surface area contributed by atoms with E-state index >= 15 is 0 Å². The van der Waals surface area contributed by atoms with E-state index in [1.54, 1.807) is 29.8 Å². The number of anilines is 1. The van der Waals surface area contributed by atoms with Crippen molar-refractivity contribution < 1.29 is 9.53 Å². The van der Waals surface area contributed by atoms with Crippen molar-refractivity contribution >= 4 is 23.5 Å². The second-order valence-electron chi connectivity index (χ2n) is 7.71. The van der Waals surface area contributed by atoms with Gasteiger partial charge in [-0.1, -0.05) is 24.3 Å². The first-order valence-corrected chi connectivity index (χ1v) is 11.7. The van der Waals surface area contributed by atoms with Crippen molar-refractivity contribution in [3.05, 3.63) is 71.5 Å². The van der Waals surface area contributed by atoms with Crippen LogP contribution in [0.15, 0.2) is 59.6 Å². The first-order chi connectivity index (χ1) is 16.1. The van der Waals surface area contributed by atoms with Crippen molar-refractivity contribution in [2.45, 2.75) is 24.2 Å². The average molecular weight is 459 g/mol. The number of nitrogens with one attached hydrogen (secondary N) is 1. The number of nitrogens with zero attached hydrogens (tertiary/aromatic N) is 5. The molecule has 1 atom stereocenters. The molecule has 0 fully saturated rings. The number of ether oxygens (including phenoxy) is 1. The molecular weight excluding hydrogens is 436 g/mol. The number of aromatic nitrogens is 5. The highest BCUT2D eigenvalue weighted by molar-refractivity contribution is 7.98. The number of aryl methyl sites for hydroxylation is 1. The summed E-state index contributed by atoms with van der Waals surface area (Å²) in [5.74, 6) is 1.45. The summed E-state index contributed by atoms with van der Waals surface area (Å²) in [5, 5.41) is 16.0. The van der Waals surface area contributed by atoms with Gasteiger partial charge < -0.3 is 10.1 Å². The summed E-state index contributed by atoms with van der Waals surface area (Å²) in [6, 6.07) is 15.9. The molecular formula is C24H22N6O2S. The molecule has 2 aromatic carbocycles. The number of thioether (sulfide) groups is 1. The van der Waals surface area contributed by atoms with Crippen LogP contribution in [0.5, 0.6) is 5.75 Å². The van der Waals surface area contributed by atoms with Gasteiger partial charge in [-0.25, -0.2) is 4.98 Å². The van der Waals surface area contributed by atoms with E-state index < -0.39 is 0 Å². The number of benzene rings is 2. The largest absolute Gasteiger partial charge is 0.497 e. The Balaban J connectivity index is 1.58. The maximum absolute atomic E-state index is 12.7. The third-order valence-corrected chi connectivity index (χ3v) is 6.47. The minimum atomic E-state index is -0.0899. The van der Waals surface area contributed by atoms with Gasteiger partial charge in [0, 0.05) is 28.4 Å². The predicted octanol–water partition coefficient (Wildman–Crippen LogP) is 4.24. The molecule has 8 nitrogen and oxygen atoms in total. The molecule has 4 aromatic rings. The van der Waals surface area contributed by atoms with Gasteiger partial charge >= 0.3 is 0 Å². The molecule has 0 spiro atoms. The second kappa shape index (κ2) is 8.67. The van der Waals surface area contributed by atoms with E-state index in [2.05, 4.69) is 49.9 Å². The highest BCUT2D eigenvalue weighted by Crippen LogP contribution is 2.40. The third kappa shape index (κ3) is 3.95. The summed E-state index contributed by atoms with van der Waals surface area (Å²) >= 11 is 1.69. The summed E-state index contributed by atoms with van der Waals surface area (Å²) in [4.78, 5) is 18.5. The van der Waals surface area contributed by atoms with Crippen molar-refractivity contribution in [2.75, 3.05) is 18.7 Å². The Labute approximate surface area is 195 Å². The first kappa shape index (κ1) is 21.1. The van der Waals surface area contributed by atoms with Gasteiger partial charge in [-0.05, 0) is 43.0 Å². The lowest BCUT2D eigenvalue weighted by Crippen LogP contribution is -2.25. The highest BCUT2D eigenvalue weighted by atomic mass is 32.2. The zero-order valence-corrected chi connectivity index (χ0v) is 19.3. The monoisotopic (exact) mass is 458 g/mol. The Hall–Kier alpha value is -3.72. The lowest BCUT2D eigenvalue weighted by molar-refractivity contribution is -0.116. The van der Waals surface area contributed by atoms with E-state index in [1.165, 1.54) is 4.90 Å². The van der Waals surface area contributed by atoms with E-state index in [4.69, 9.17) is 4.74 Å². The number of carbonyl (C=O) groups is 1. The number of rotatable bonds is 5. The van der Waals surface area contributed by atoms with Crippen LogP contribution in [0.4, 0.5) is 5.82 Å². The Morgan fingerprint density at radius 3 is 2.76 bits per heavy atom. The Morgan fingerprint density at radius 2 is 2.00 bits per heavy atom. The molecule has 1 aliphatic heterocycles. The number of carbonyl (C=O) groups excluding carboxylic acids is 1. The van der Waals surface area contributed by atoms with Gasteiger partial charge in [-0.2, -0.15) is 14.9 Å². The quantitative estimate of drug-likeness (QED) is 0.447. The topological polar surface area (TPSA) is 94.8 Å². The average Bonchev–Trinajstić information content (AvgIpc) is 3.19. The molecule has 1 aliphatic rings. The second-order valence-corrected chi connectivity index (χ2v) is 8.59. The molecule has 1 unspecified atom stereocenters. The number of fused-ring (bicyclic) bond motifs is 1.